The van der Waals surface area contributed by atoms with Gasteiger partial charge in [0.15, 0.2) is 0 Å². The summed E-state index contributed by atoms with van der Waals surface area (Å²) in [6.45, 7) is 2.61. The first-order valence-electron chi connectivity index (χ1n) is 3.44. The molecule has 1 rings (SSSR count). The van der Waals surface area contributed by atoms with Gasteiger partial charge in [0.05, 0.1) is 19.0 Å². The second-order valence-electron chi connectivity index (χ2n) is 2.51. The van der Waals surface area contributed by atoms with Crippen LogP contribution in [0.5, 0.6) is 0 Å². The van der Waals surface area contributed by atoms with Crippen molar-refractivity contribution in [3.05, 3.63) is 12.3 Å². The van der Waals surface area contributed by atoms with Crippen molar-refractivity contribution in [2.45, 2.75) is 6.10 Å². The third kappa shape index (κ3) is 2.01. The van der Waals surface area contributed by atoms with E-state index in [4.69, 9.17) is 9.84 Å². The van der Waals surface area contributed by atoms with E-state index in [0.29, 0.717) is 0 Å². The second-order valence-corrected chi connectivity index (χ2v) is 2.51. The molecule has 0 radical (unpaired) electrons. The Morgan fingerprint density at radius 2 is 2.50 bits per heavy atom. The van der Waals surface area contributed by atoms with E-state index in [1.807, 2.05) is 7.05 Å². The smallest absolute Gasteiger partial charge is 0.0915 e. The first-order chi connectivity index (χ1) is 4.83. The zero-order chi connectivity index (χ0) is 7.40. The van der Waals surface area contributed by atoms with Crippen molar-refractivity contribution in [3.63, 3.8) is 0 Å². The molecule has 0 aliphatic carbocycles. The van der Waals surface area contributed by atoms with Crippen LogP contribution in [0.4, 0.5) is 0 Å². The van der Waals surface area contributed by atoms with Crippen LogP contribution in [0.25, 0.3) is 0 Å². The van der Waals surface area contributed by atoms with Crippen LogP contribution in [0.3, 0.4) is 0 Å². The van der Waals surface area contributed by atoms with Crippen molar-refractivity contribution in [1.82, 2.24) is 4.90 Å². The molecule has 1 N–H and O–H groups in total. The minimum atomic E-state index is 0.0729. The fourth-order valence-electron chi connectivity index (χ4n) is 1.02. The Balaban J connectivity index is 2.32. The Kier molecular flexibility index (Phi) is 2.71. The number of rotatable bonds is 1. The quantitative estimate of drug-likeness (QED) is 0.539. The fraction of sp³-hybridized carbons (Fsp3) is 0.714. The van der Waals surface area contributed by atoms with Crippen LogP contribution < -0.4 is 0 Å². The maximum atomic E-state index is 8.43. The molecule has 0 bridgehead atoms. The highest BCUT2D eigenvalue weighted by atomic mass is 16.5. The van der Waals surface area contributed by atoms with Crippen molar-refractivity contribution >= 4 is 0 Å². The topological polar surface area (TPSA) is 32.7 Å². The molecule has 1 fully saturated rings. The van der Waals surface area contributed by atoms with E-state index in [-0.39, 0.29) is 6.10 Å². The lowest BCUT2D eigenvalue weighted by Gasteiger charge is -2.27. The zero-order valence-electron chi connectivity index (χ0n) is 6.16. The van der Waals surface area contributed by atoms with E-state index in [9.17, 15) is 0 Å². The summed E-state index contributed by atoms with van der Waals surface area (Å²) in [5.74, 6) is 0. The highest BCUT2D eigenvalue weighted by molar-refractivity contribution is 4.87. The Labute approximate surface area is 60.9 Å². The molecule has 1 atom stereocenters. The number of likely N-dealkylation sites (N-methyl/N-ethyl adjacent to an activating group) is 1. The van der Waals surface area contributed by atoms with Crippen LogP contribution in [0, 0.1) is 0 Å². The van der Waals surface area contributed by atoms with Crippen molar-refractivity contribution in [2.24, 2.45) is 0 Å². The molecule has 0 amide bonds. The first kappa shape index (κ1) is 7.57. The van der Waals surface area contributed by atoms with E-state index >= 15 is 0 Å². The van der Waals surface area contributed by atoms with Gasteiger partial charge in [0.25, 0.3) is 0 Å². The summed E-state index contributed by atoms with van der Waals surface area (Å²) in [4.78, 5) is 2.17. The molecule has 1 aliphatic rings. The molecule has 3 heteroatoms. The number of aliphatic hydroxyl groups is 1. The van der Waals surface area contributed by atoms with E-state index < -0.39 is 0 Å². The molecule has 10 heavy (non-hydrogen) atoms. The molecular formula is C7H13NO2. The number of morpholine rings is 1. The van der Waals surface area contributed by atoms with Gasteiger partial charge >= 0.3 is 0 Å². The van der Waals surface area contributed by atoms with Gasteiger partial charge in [-0.15, -0.1) is 0 Å². The zero-order valence-corrected chi connectivity index (χ0v) is 6.16. The largest absolute Gasteiger partial charge is 0.516 e. The third-order valence-electron chi connectivity index (χ3n) is 1.60. The predicted molar refractivity (Wildman–Crippen MR) is 39.0 cm³/mol. The van der Waals surface area contributed by atoms with Crippen molar-refractivity contribution in [3.8, 4) is 0 Å². The second kappa shape index (κ2) is 3.58. The molecule has 0 saturated carbocycles. The Morgan fingerprint density at radius 1 is 1.70 bits per heavy atom. The summed E-state index contributed by atoms with van der Waals surface area (Å²) in [5, 5.41) is 8.43. The molecule has 1 heterocycles. The van der Waals surface area contributed by atoms with Crippen LogP contribution in [-0.2, 0) is 4.74 Å². The summed E-state index contributed by atoms with van der Waals surface area (Å²) < 4.78 is 5.30. The van der Waals surface area contributed by atoms with Crippen LogP contribution in [0.1, 0.15) is 0 Å². The van der Waals surface area contributed by atoms with Crippen LogP contribution in [0.15, 0.2) is 12.3 Å². The molecule has 3 nitrogen and oxygen atoms in total. The highest BCUT2D eigenvalue weighted by Gasteiger charge is 2.13. The third-order valence-corrected chi connectivity index (χ3v) is 1.60. The van der Waals surface area contributed by atoms with Gasteiger partial charge in [-0.25, -0.2) is 0 Å². The molecule has 0 spiro atoms. The molecule has 0 unspecified atom stereocenters. The predicted octanol–water partition coefficient (Wildman–Crippen LogP) is 0.389. The van der Waals surface area contributed by atoms with E-state index in [1.54, 1.807) is 6.08 Å². The van der Waals surface area contributed by atoms with E-state index in [0.717, 1.165) is 26.0 Å². The normalized spacial score (nSPS) is 29.5. The maximum Gasteiger partial charge on any atom is 0.0915 e. The summed E-state index contributed by atoms with van der Waals surface area (Å²) in [5.41, 5.74) is 0. The van der Waals surface area contributed by atoms with Gasteiger partial charge in [-0.2, -0.15) is 0 Å². The average molecular weight is 143 g/mol. The SMILES string of the molecule is CN1CCO[C@@H](/C=C/O)C1. The van der Waals surface area contributed by atoms with Crippen molar-refractivity contribution in [1.29, 1.82) is 0 Å². The van der Waals surface area contributed by atoms with Crippen LogP contribution in [-0.4, -0.2) is 42.9 Å². The maximum absolute atomic E-state index is 8.43. The van der Waals surface area contributed by atoms with Crippen LogP contribution >= 0.6 is 0 Å². The minimum Gasteiger partial charge on any atom is -0.516 e. The summed E-state index contributed by atoms with van der Waals surface area (Å²) in [7, 11) is 2.04. The van der Waals surface area contributed by atoms with Gasteiger partial charge < -0.3 is 14.7 Å². The summed E-state index contributed by atoms with van der Waals surface area (Å²) >= 11 is 0. The van der Waals surface area contributed by atoms with Gasteiger partial charge in [-0.1, -0.05) is 0 Å². The van der Waals surface area contributed by atoms with Crippen LogP contribution in [0.2, 0.25) is 0 Å². The number of hydrogen-bond acceptors (Lipinski definition) is 3. The van der Waals surface area contributed by atoms with E-state index in [2.05, 4.69) is 4.90 Å². The van der Waals surface area contributed by atoms with Crippen molar-refractivity contribution < 1.29 is 9.84 Å². The van der Waals surface area contributed by atoms with Gasteiger partial charge in [0.2, 0.25) is 0 Å². The number of aliphatic hydroxyl groups excluding tert-OH is 1. The first-order valence-corrected chi connectivity index (χ1v) is 3.44. The van der Waals surface area contributed by atoms with E-state index in [1.165, 1.54) is 0 Å². The number of hydrogen-bond donors (Lipinski definition) is 1. The van der Waals surface area contributed by atoms with Crippen molar-refractivity contribution in [2.75, 3.05) is 26.7 Å². The lowest BCUT2D eigenvalue weighted by atomic mass is 10.3. The minimum absolute atomic E-state index is 0.0729. The summed E-state index contributed by atoms with van der Waals surface area (Å²) in [6.07, 6.45) is 2.78. The Bertz CT molecular complexity index is 125. The lowest BCUT2D eigenvalue weighted by molar-refractivity contribution is 0.00616. The summed E-state index contributed by atoms with van der Waals surface area (Å²) in [6, 6.07) is 0. The number of ether oxygens (including phenoxy) is 1. The molecule has 1 aliphatic heterocycles. The Hall–Kier alpha value is -0.540. The van der Waals surface area contributed by atoms with Gasteiger partial charge in [-0.3, -0.25) is 0 Å². The highest BCUT2D eigenvalue weighted by Crippen LogP contribution is 2.02. The standard InChI is InChI=1S/C7H13NO2/c1-8-3-5-10-7(6-8)2-4-9/h2,4,7,9H,3,5-6H2,1H3/b4-2+/t7-/m0/s1. The lowest BCUT2D eigenvalue weighted by Crippen LogP contribution is -2.38. The molecule has 0 aromatic rings. The van der Waals surface area contributed by atoms with Gasteiger partial charge in [0.1, 0.15) is 0 Å². The molecule has 0 aromatic carbocycles. The monoisotopic (exact) mass is 143 g/mol. The molecular weight excluding hydrogens is 130 g/mol. The molecule has 58 valence electrons. The van der Waals surface area contributed by atoms with Gasteiger partial charge in [-0.05, 0) is 13.1 Å². The molecule has 1 saturated heterocycles. The Morgan fingerprint density at radius 3 is 3.10 bits per heavy atom. The number of nitrogens with zero attached hydrogens (tertiary/aromatic N) is 1. The fourth-order valence-corrected chi connectivity index (χ4v) is 1.02. The van der Waals surface area contributed by atoms with Gasteiger partial charge in [0, 0.05) is 13.1 Å². The molecule has 0 aromatic heterocycles. The average Bonchev–Trinajstić information content (AvgIpc) is 1.88.